The summed E-state index contributed by atoms with van der Waals surface area (Å²) in [5, 5.41) is 15.5. The Kier molecular flexibility index (Phi) is 4.88. The smallest absolute Gasteiger partial charge is 0.315 e. The van der Waals surface area contributed by atoms with Crippen LogP contribution in [0.25, 0.3) is 0 Å². The Morgan fingerprint density at radius 3 is 2.71 bits per heavy atom. The predicted molar refractivity (Wildman–Crippen MR) is 84.1 cm³/mol. The van der Waals surface area contributed by atoms with Crippen molar-refractivity contribution in [3.63, 3.8) is 0 Å². The van der Waals surface area contributed by atoms with Gasteiger partial charge in [-0.3, -0.25) is 0 Å². The summed E-state index contributed by atoms with van der Waals surface area (Å²) in [7, 11) is 0. The second-order valence-corrected chi connectivity index (χ2v) is 6.51. The number of urea groups is 1. The van der Waals surface area contributed by atoms with E-state index in [0.717, 1.165) is 24.8 Å². The van der Waals surface area contributed by atoms with Gasteiger partial charge in [0, 0.05) is 11.5 Å². The number of aliphatic hydroxyl groups excluding tert-OH is 1. The van der Waals surface area contributed by atoms with Gasteiger partial charge >= 0.3 is 6.03 Å². The molecule has 0 radical (unpaired) electrons. The lowest BCUT2D eigenvalue weighted by Crippen LogP contribution is -2.49. The average molecular weight is 290 g/mol. The van der Waals surface area contributed by atoms with E-state index in [4.69, 9.17) is 0 Å². The average Bonchev–Trinajstić information content (AvgIpc) is 2.81. The molecule has 1 aromatic rings. The van der Waals surface area contributed by atoms with Crippen LogP contribution in [0.4, 0.5) is 4.79 Å². The van der Waals surface area contributed by atoms with E-state index in [1.807, 2.05) is 45.0 Å². The molecule has 1 aliphatic carbocycles. The zero-order valence-electron chi connectivity index (χ0n) is 13.1. The van der Waals surface area contributed by atoms with Crippen molar-refractivity contribution in [3.05, 3.63) is 35.4 Å². The number of carbonyl (C=O) groups excluding carboxylic acids is 1. The van der Waals surface area contributed by atoms with Gasteiger partial charge in [-0.25, -0.2) is 4.79 Å². The van der Waals surface area contributed by atoms with Crippen molar-refractivity contribution in [1.82, 2.24) is 10.6 Å². The fourth-order valence-corrected chi connectivity index (χ4v) is 3.00. The largest absolute Gasteiger partial charge is 0.396 e. The molecule has 3 N–H and O–H groups in total. The molecule has 0 bridgehead atoms. The van der Waals surface area contributed by atoms with Gasteiger partial charge in [0.05, 0.1) is 12.6 Å². The molecule has 4 nitrogen and oxygen atoms in total. The molecule has 4 heteroatoms. The van der Waals surface area contributed by atoms with Gasteiger partial charge in [-0.1, -0.05) is 43.2 Å². The molecule has 2 amide bonds. The van der Waals surface area contributed by atoms with Crippen LogP contribution < -0.4 is 10.6 Å². The SMILES string of the molecule is Cc1ccc(C(C)NC(=O)NC2CCCC2(C)CO)cc1. The number of nitrogens with one attached hydrogen (secondary N) is 2. The van der Waals surface area contributed by atoms with E-state index in [1.165, 1.54) is 5.56 Å². The minimum absolute atomic E-state index is 0.0348. The van der Waals surface area contributed by atoms with Crippen LogP contribution in [0, 0.1) is 12.3 Å². The highest BCUT2D eigenvalue weighted by Gasteiger charge is 2.39. The van der Waals surface area contributed by atoms with Crippen LogP contribution in [0.15, 0.2) is 24.3 Å². The zero-order valence-corrected chi connectivity index (χ0v) is 13.1. The molecule has 0 aromatic heterocycles. The highest BCUT2D eigenvalue weighted by atomic mass is 16.3. The predicted octanol–water partition coefficient (Wildman–Crippen LogP) is 2.91. The lowest BCUT2D eigenvalue weighted by molar-refractivity contribution is 0.121. The van der Waals surface area contributed by atoms with Gasteiger partial charge in [-0.05, 0) is 32.3 Å². The lowest BCUT2D eigenvalue weighted by Gasteiger charge is -2.30. The number of benzene rings is 1. The van der Waals surface area contributed by atoms with E-state index in [-0.39, 0.29) is 30.1 Å². The molecule has 0 heterocycles. The number of hydrogen-bond acceptors (Lipinski definition) is 2. The van der Waals surface area contributed by atoms with Gasteiger partial charge in [-0.2, -0.15) is 0 Å². The molecule has 1 fully saturated rings. The Morgan fingerprint density at radius 1 is 1.43 bits per heavy atom. The van der Waals surface area contributed by atoms with Gasteiger partial charge in [0.25, 0.3) is 0 Å². The highest BCUT2D eigenvalue weighted by molar-refractivity contribution is 5.74. The number of amides is 2. The summed E-state index contributed by atoms with van der Waals surface area (Å²) in [6, 6.07) is 8.02. The van der Waals surface area contributed by atoms with Gasteiger partial charge in [0.15, 0.2) is 0 Å². The van der Waals surface area contributed by atoms with E-state index < -0.39 is 0 Å². The van der Waals surface area contributed by atoms with Gasteiger partial charge < -0.3 is 15.7 Å². The van der Waals surface area contributed by atoms with Crippen LogP contribution >= 0.6 is 0 Å². The summed E-state index contributed by atoms with van der Waals surface area (Å²) in [5.41, 5.74) is 2.11. The van der Waals surface area contributed by atoms with E-state index in [0.29, 0.717) is 0 Å². The first-order valence-corrected chi connectivity index (χ1v) is 7.69. The minimum atomic E-state index is -0.190. The quantitative estimate of drug-likeness (QED) is 0.798. The molecule has 3 atom stereocenters. The van der Waals surface area contributed by atoms with Gasteiger partial charge in [-0.15, -0.1) is 0 Å². The third-order valence-corrected chi connectivity index (χ3v) is 4.67. The maximum Gasteiger partial charge on any atom is 0.315 e. The molecule has 1 aliphatic rings. The molecule has 1 aromatic carbocycles. The van der Waals surface area contributed by atoms with Gasteiger partial charge in [0.2, 0.25) is 0 Å². The monoisotopic (exact) mass is 290 g/mol. The van der Waals surface area contributed by atoms with Crippen molar-refractivity contribution in [2.24, 2.45) is 5.41 Å². The first-order valence-electron chi connectivity index (χ1n) is 7.69. The molecule has 0 saturated heterocycles. The molecule has 21 heavy (non-hydrogen) atoms. The Bertz CT molecular complexity index is 486. The number of carbonyl (C=O) groups is 1. The van der Waals surface area contributed by atoms with Crippen molar-refractivity contribution in [1.29, 1.82) is 0 Å². The van der Waals surface area contributed by atoms with Crippen molar-refractivity contribution in [2.45, 2.75) is 52.1 Å². The molecule has 0 aliphatic heterocycles. The maximum absolute atomic E-state index is 12.1. The summed E-state index contributed by atoms with van der Waals surface area (Å²) >= 11 is 0. The first kappa shape index (κ1) is 15.8. The number of aliphatic hydroxyl groups is 1. The fourth-order valence-electron chi connectivity index (χ4n) is 3.00. The normalized spacial score (nSPS) is 26.4. The molecule has 0 spiro atoms. The van der Waals surface area contributed by atoms with Crippen LogP contribution in [0.1, 0.15) is 50.3 Å². The third kappa shape index (κ3) is 3.76. The summed E-state index contributed by atoms with van der Waals surface area (Å²) in [5.74, 6) is 0. The van der Waals surface area contributed by atoms with E-state index in [1.54, 1.807) is 0 Å². The third-order valence-electron chi connectivity index (χ3n) is 4.67. The number of rotatable bonds is 4. The second kappa shape index (κ2) is 6.48. The molecule has 3 unspecified atom stereocenters. The summed E-state index contributed by atoms with van der Waals surface area (Å²) < 4.78 is 0. The van der Waals surface area contributed by atoms with Crippen LogP contribution in [-0.4, -0.2) is 23.8 Å². The molecular weight excluding hydrogens is 264 g/mol. The Balaban J connectivity index is 1.91. The molecule has 2 rings (SSSR count). The van der Waals surface area contributed by atoms with Crippen LogP contribution in [0.5, 0.6) is 0 Å². The second-order valence-electron chi connectivity index (χ2n) is 6.51. The van der Waals surface area contributed by atoms with Crippen LogP contribution in [-0.2, 0) is 0 Å². The Hall–Kier alpha value is -1.55. The van der Waals surface area contributed by atoms with E-state index in [9.17, 15) is 9.90 Å². The topological polar surface area (TPSA) is 61.4 Å². The summed E-state index contributed by atoms with van der Waals surface area (Å²) in [6.45, 7) is 6.17. The number of aryl methyl sites for hydroxylation is 1. The fraction of sp³-hybridized carbons (Fsp3) is 0.588. The minimum Gasteiger partial charge on any atom is -0.396 e. The standard InChI is InChI=1S/C17H26N2O2/c1-12-6-8-14(9-7-12)13(2)18-16(21)19-15-5-4-10-17(15,3)11-20/h6-9,13,15,20H,4-5,10-11H2,1-3H3,(H2,18,19,21). The zero-order chi connectivity index (χ0) is 15.5. The van der Waals surface area contributed by atoms with Crippen LogP contribution in [0.2, 0.25) is 0 Å². The van der Waals surface area contributed by atoms with Gasteiger partial charge in [0.1, 0.15) is 0 Å². The molecule has 1 saturated carbocycles. The summed E-state index contributed by atoms with van der Waals surface area (Å²) in [4.78, 5) is 12.1. The van der Waals surface area contributed by atoms with E-state index >= 15 is 0 Å². The highest BCUT2D eigenvalue weighted by Crippen LogP contribution is 2.37. The van der Waals surface area contributed by atoms with Crippen molar-refractivity contribution in [3.8, 4) is 0 Å². The van der Waals surface area contributed by atoms with Crippen molar-refractivity contribution < 1.29 is 9.90 Å². The number of hydrogen-bond donors (Lipinski definition) is 3. The lowest BCUT2D eigenvalue weighted by atomic mass is 9.86. The van der Waals surface area contributed by atoms with Crippen molar-refractivity contribution >= 4 is 6.03 Å². The Morgan fingerprint density at radius 2 is 2.10 bits per heavy atom. The van der Waals surface area contributed by atoms with Crippen molar-refractivity contribution in [2.75, 3.05) is 6.61 Å². The molecular formula is C17H26N2O2. The molecule has 116 valence electrons. The van der Waals surface area contributed by atoms with E-state index in [2.05, 4.69) is 10.6 Å². The maximum atomic E-state index is 12.1. The summed E-state index contributed by atoms with van der Waals surface area (Å²) in [6.07, 6.45) is 2.95. The Labute approximate surface area is 126 Å². The van der Waals surface area contributed by atoms with Crippen LogP contribution in [0.3, 0.4) is 0 Å². The first-order chi connectivity index (χ1) is 9.94.